The van der Waals surface area contributed by atoms with Gasteiger partial charge in [-0.1, -0.05) is 0 Å². The number of rotatable bonds is 3. The Morgan fingerprint density at radius 2 is 2.12 bits per heavy atom. The maximum Gasteiger partial charge on any atom is 0.166 e. The lowest BCUT2D eigenvalue weighted by Gasteiger charge is -2.22. The molecule has 0 bridgehead atoms. The van der Waals surface area contributed by atoms with Crippen molar-refractivity contribution in [3.8, 4) is 5.75 Å². The van der Waals surface area contributed by atoms with Crippen LogP contribution < -0.4 is 4.74 Å². The molecule has 0 N–H and O–H groups in total. The Balaban J connectivity index is 1.88. The normalized spacial score (nSPS) is 17.4. The Bertz CT molecular complexity index is 351. The van der Waals surface area contributed by atoms with E-state index in [1.54, 1.807) is 6.07 Å². The summed E-state index contributed by atoms with van der Waals surface area (Å²) in [4.78, 5) is 0. The molecule has 1 saturated heterocycles. The molecule has 1 heterocycles. The molecular weight excluding hydrogens is 322 g/mol. The van der Waals surface area contributed by atoms with Gasteiger partial charge >= 0.3 is 0 Å². The van der Waals surface area contributed by atoms with Gasteiger partial charge in [-0.2, -0.15) is 0 Å². The third-order valence-corrected chi connectivity index (χ3v) is 3.38. The van der Waals surface area contributed by atoms with Crippen molar-refractivity contribution in [2.75, 3.05) is 19.8 Å². The average molecular weight is 336 g/mol. The van der Waals surface area contributed by atoms with Gasteiger partial charge < -0.3 is 9.47 Å². The molecule has 2 nitrogen and oxygen atoms in total. The number of hydrogen-bond donors (Lipinski definition) is 0. The van der Waals surface area contributed by atoms with Gasteiger partial charge in [-0.3, -0.25) is 0 Å². The first-order valence-electron chi connectivity index (χ1n) is 5.41. The van der Waals surface area contributed by atoms with Crippen molar-refractivity contribution in [2.24, 2.45) is 5.92 Å². The first-order chi connectivity index (χ1) is 7.75. The van der Waals surface area contributed by atoms with E-state index in [2.05, 4.69) is 22.6 Å². The van der Waals surface area contributed by atoms with Crippen LogP contribution in [0.5, 0.6) is 5.75 Å². The Morgan fingerprint density at radius 1 is 1.38 bits per heavy atom. The van der Waals surface area contributed by atoms with Gasteiger partial charge in [0.25, 0.3) is 0 Å². The van der Waals surface area contributed by atoms with Crippen molar-refractivity contribution in [1.82, 2.24) is 0 Å². The molecule has 0 atom stereocenters. The molecule has 0 aliphatic carbocycles. The first kappa shape index (κ1) is 12.1. The Kier molecular flexibility index (Phi) is 4.40. The molecule has 0 saturated carbocycles. The van der Waals surface area contributed by atoms with Crippen LogP contribution in [0, 0.1) is 15.3 Å². The lowest BCUT2D eigenvalue weighted by atomic mass is 10.0. The lowest BCUT2D eigenvalue weighted by molar-refractivity contribution is 0.0491. The van der Waals surface area contributed by atoms with E-state index < -0.39 is 0 Å². The molecule has 0 unspecified atom stereocenters. The molecule has 1 fully saturated rings. The van der Waals surface area contributed by atoms with Gasteiger partial charge in [0.05, 0.1) is 6.61 Å². The molecular formula is C12H14FIO2. The Hall–Kier alpha value is -0.360. The van der Waals surface area contributed by atoms with Gasteiger partial charge in [-0.25, -0.2) is 4.39 Å². The van der Waals surface area contributed by atoms with Gasteiger partial charge in [-0.05, 0) is 59.5 Å². The van der Waals surface area contributed by atoms with Crippen LogP contribution in [-0.4, -0.2) is 19.8 Å². The van der Waals surface area contributed by atoms with Crippen molar-refractivity contribution in [3.05, 3.63) is 27.6 Å². The Morgan fingerprint density at radius 3 is 2.81 bits per heavy atom. The van der Waals surface area contributed by atoms with Crippen molar-refractivity contribution in [3.63, 3.8) is 0 Å². The van der Waals surface area contributed by atoms with Gasteiger partial charge in [0.15, 0.2) is 11.6 Å². The second-order valence-corrected chi connectivity index (χ2v) is 5.19. The van der Waals surface area contributed by atoms with Crippen LogP contribution >= 0.6 is 22.6 Å². The molecule has 0 amide bonds. The summed E-state index contributed by atoms with van der Waals surface area (Å²) in [6, 6.07) is 5.03. The molecule has 16 heavy (non-hydrogen) atoms. The maximum atomic E-state index is 13.5. The molecule has 4 heteroatoms. The van der Waals surface area contributed by atoms with Crippen molar-refractivity contribution in [2.45, 2.75) is 12.8 Å². The lowest BCUT2D eigenvalue weighted by Crippen LogP contribution is -2.21. The monoisotopic (exact) mass is 336 g/mol. The van der Waals surface area contributed by atoms with E-state index in [4.69, 9.17) is 9.47 Å². The van der Waals surface area contributed by atoms with Crippen LogP contribution in [0.25, 0.3) is 0 Å². The number of ether oxygens (including phenoxy) is 2. The average Bonchev–Trinajstić information content (AvgIpc) is 2.29. The zero-order valence-electron chi connectivity index (χ0n) is 8.92. The summed E-state index contributed by atoms with van der Waals surface area (Å²) in [5.74, 6) is 0.568. The van der Waals surface area contributed by atoms with E-state index >= 15 is 0 Å². The fourth-order valence-corrected chi connectivity index (χ4v) is 2.17. The third-order valence-electron chi connectivity index (χ3n) is 2.71. The predicted molar refractivity (Wildman–Crippen MR) is 68.2 cm³/mol. The quantitative estimate of drug-likeness (QED) is 0.789. The zero-order chi connectivity index (χ0) is 11.4. The summed E-state index contributed by atoms with van der Waals surface area (Å²) in [6.45, 7) is 2.17. The van der Waals surface area contributed by atoms with Crippen molar-refractivity contribution in [1.29, 1.82) is 0 Å². The minimum absolute atomic E-state index is 0.279. The molecule has 0 spiro atoms. The second kappa shape index (κ2) is 5.82. The molecule has 88 valence electrons. The van der Waals surface area contributed by atoms with Gasteiger partial charge in [0, 0.05) is 16.8 Å². The maximum absolute atomic E-state index is 13.5. The van der Waals surface area contributed by atoms with Crippen LogP contribution in [0.3, 0.4) is 0 Å². The summed E-state index contributed by atoms with van der Waals surface area (Å²) in [7, 11) is 0. The van der Waals surface area contributed by atoms with Gasteiger partial charge in [0.2, 0.25) is 0 Å². The topological polar surface area (TPSA) is 18.5 Å². The third kappa shape index (κ3) is 3.31. The molecule has 1 aromatic carbocycles. The van der Waals surface area contributed by atoms with Crippen LogP contribution in [0.15, 0.2) is 18.2 Å². The minimum Gasteiger partial charge on any atom is -0.490 e. The minimum atomic E-state index is -0.279. The number of hydrogen-bond acceptors (Lipinski definition) is 2. The standard InChI is InChI=1S/C12H14FIO2/c13-11-7-10(14)1-2-12(11)16-8-9-3-5-15-6-4-9/h1-2,7,9H,3-6,8H2. The van der Waals surface area contributed by atoms with E-state index in [1.807, 2.05) is 6.07 Å². The zero-order valence-corrected chi connectivity index (χ0v) is 11.1. The van der Waals surface area contributed by atoms with Crippen LogP contribution in [0.4, 0.5) is 4.39 Å². The molecule has 1 aliphatic rings. The second-order valence-electron chi connectivity index (χ2n) is 3.94. The van der Waals surface area contributed by atoms with E-state index in [0.717, 1.165) is 29.6 Å². The molecule has 0 radical (unpaired) electrons. The summed E-state index contributed by atoms with van der Waals surface area (Å²) in [5, 5.41) is 0. The number of halogens is 2. The molecule has 2 rings (SSSR count). The largest absolute Gasteiger partial charge is 0.490 e. The summed E-state index contributed by atoms with van der Waals surface area (Å²) in [6.07, 6.45) is 2.01. The Labute approximate surface area is 108 Å². The number of benzene rings is 1. The van der Waals surface area contributed by atoms with Crippen LogP contribution in [0.2, 0.25) is 0 Å². The fourth-order valence-electron chi connectivity index (χ4n) is 1.71. The van der Waals surface area contributed by atoms with E-state index in [9.17, 15) is 4.39 Å². The summed E-state index contributed by atoms with van der Waals surface area (Å²) >= 11 is 2.08. The highest BCUT2D eigenvalue weighted by molar-refractivity contribution is 14.1. The highest BCUT2D eigenvalue weighted by Crippen LogP contribution is 2.22. The van der Waals surface area contributed by atoms with Crippen LogP contribution in [-0.2, 0) is 4.74 Å². The van der Waals surface area contributed by atoms with E-state index in [1.165, 1.54) is 6.07 Å². The molecule has 0 aromatic heterocycles. The smallest absolute Gasteiger partial charge is 0.166 e. The van der Waals surface area contributed by atoms with Gasteiger partial charge in [0.1, 0.15) is 0 Å². The van der Waals surface area contributed by atoms with E-state index in [0.29, 0.717) is 18.3 Å². The van der Waals surface area contributed by atoms with Crippen LogP contribution in [0.1, 0.15) is 12.8 Å². The highest BCUT2D eigenvalue weighted by atomic mass is 127. The molecule has 1 aliphatic heterocycles. The van der Waals surface area contributed by atoms with Gasteiger partial charge in [-0.15, -0.1) is 0 Å². The predicted octanol–water partition coefficient (Wildman–Crippen LogP) is 3.24. The molecule has 1 aromatic rings. The van der Waals surface area contributed by atoms with E-state index in [-0.39, 0.29) is 5.82 Å². The highest BCUT2D eigenvalue weighted by Gasteiger charge is 2.15. The van der Waals surface area contributed by atoms with Crippen molar-refractivity contribution < 1.29 is 13.9 Å². The first-order valence-corrected chi connectivity index (χ1v) is 6.49. The summed E-state index contributed by atoms with van der Waals surface area (Å²) in [5.41, 5.74) is 0. The fraction of sp³-hybridized carbons (Fsp3) is 0.500. The summed E-state index contributed by atoms with van der Waals surface area (Å²) < 4.78 is 25.1. The SMILES string of the molecule is Fc1cc(I)ccc1OCC1CCOCC1. The van der Waals surface area contributed by atoms with Crippen molar-refractivity contribution >= 4 is 22.6 Å².